The maximum absolute atomic E-state index is 5.25. The van der Waals surface area contributed by atoms with Gasteiger partial charge in [-0.3, -0.25) is 0 Å². The Bertz CT molecular complexity index is 75.0. The average molecular weight is 129 g/mol. The predicted octanol–water partition coefficient (Wildman–Crippen LogP) is 0.631. The number of hydrogen-bond donors (Lipinski definition) is 1. The van der Waals surface area contributed by atoms with Crippen molar-refractivity contribution in [1.82, 2.24) is 5.32 Å². The fraction of sp³-hybridized carbons (Fsp3) is 1.00. The second-order valence-corrected chi connectivity index (χ2v) is 2.60. The highest BCUT2D eigenvalue weighted by molar-refractivity contribution is 4.80. The molecule has 2 atom stereocenters. The van der Waals surface area contributed by atoms with Crippen LogP contribution < -0.4 is 5.32 Å². The Balaban J connectivity index is 2.32. The number of methoxy groups -OCH3 is 1. The van der Waals surface area contributed by atoms with Crippen molar-refractivity contribution < 1.29 is 4.74 Å². The molecule has 1 aliphatic rings. The number of ether oxygens (including phenoxy) is 1. The van der Waals surface area contributed by atoms with Crippen LogP contribution in [-0.2, 0) is 4.74 Å². The van der Waals surface area contributed by atoms with Gasteiger partial charge in [0.05, 0.1) is 6.10 Å². The summed E-state index contributed by atoms with van der Waals surface area (Å²) in [5.41, 5.74) is 0. The minimum atomic E-state index is 0.468. The molecule has 54 valence electrons. The first-order chi connectivity index (χ1) is 4.38. The van der Waals surface area contributed by atoms with E-state index < -0.39 is 0 Å². The molecule has 1 heterocycles. The van der Waals surface area contributed by atoms with Crippen molar-refractivity contribution in [3.63, 3.8) is 0 Å². The fourth-order valence-corrected chi connectivity index (χ4v) is 1.39. The highest BCUT2D eigenvalue weighted by Crippen LogP contribution is 2.14. The van der Waals surface area contributed by atoms with E-state index in [1.807, 2.05) is 0 Å². The van der Waals surface area contributed by atoms with Crippen molar-refractivity contribution in [3.8, 4) is 0 Å². The van der Waals surface area contributed by atoms with Gasteiger partial charge < -0.3 is 10.1 Å². The molecule has 2 heteroatoms. The molecule has 0 aromatic rings. The van der Waals surface area contributed by atoms with Gasteiger partial charge in [-0.1, -0.05) is 6.92 Å². The van der Waals surface area contributed by atoms with E-state index in [-0.39, 0.29) is 0 Å². The lowest BCUT2D eigenvalue weighted by Crippen LogP contribution is -2.19. The van der Waals surface area contributed by atoms with Crippen molar-refractivity contribution in [3.05, 3.63) is 0 Å². The van der Waals surface area contributed by atoms with Crippen LogP contribution in [0.3, 0.4) is 0 Å². The summed E-state index contributed by atoms with van der Waals surface area (Å²) in [6.07, 6.45) is 1.70. The van der Waals surface area contributed by atoms with Crippen molar-refractivity contribution in [2.45, 2.75) is 19.4 Å². The molecule has 0 bridgehead atoms. The first-order valence-electron chi connectivity index (χ1n) is 3.62. The fourth-order valence-electron chi connectivity index (χ4n) is 1.39. The standard InChI is InChI=1S/C7H15NO/c1-3-6-4-8-5-7(6)9-2/h6-8H,3-5H2,1-2H3. The molecular weight excluding hydrogens is 114 g/mol. The van der Waals surface area contributed by atoms with Gasteiger partial charge in [0.25, 0.3) is 0 Å². The second-order valence-electron chi connectivity index (χ2n) is 2.60. The molecule has 2 nitrogen and oxygen atoms in total. The third-order valence-corrected chi connectivity index (χ3v) is 2.10. The lowest BCUT2D eigenvalue weighted by Gasteiger charge is -2.13. The average Bonchev–Trinajstić information content (AvgIpc) is 2.33. The molecule has 1 saturated heterocycles. The minimum absolute atomic E-state index is 0.468. The van der Waals surface area contributed by atoms with Gasteiger partial charge in [-0.15, -0.1) is 0 Å². The van der Waals surface area contributed by atoms with Gasteiger partial charge in [0.2, 0.25) is 0 Å². The van der Waals surface area contributed by atoms with E-state index in [9.17, 15) is 0 Å². The molecule has 0 aromatic carbocycles. The lowest BCUT2D eigenvalue weighted by molar-refractivity contribution is 0.0819. The number of hydrogen-bond acceptors (Lipinski definition) is 2. The van der Waals surface area contributed by atoms with Crippen molar-refractivity contribution in [1.29, 1.82) is 0 Å². The smallest absolute Gasteiger partial charge is 0.0735 e. The van der Waals surface area contributed by atoms with Crippen LogP contribution >= 0.6 is 0 Å². The summed E-state index contributed by atoms with van der Waals surface area (Å²) in [7, 11) is 1.79. The van der Waals surface area contributed by atoms with Gasteiger partial charge in [0, 0.05) is 20.2 Å². The molecule has 1 N–H and O–H groups in total. The first kappa shape index (κ1) is 7.03. The maximum Gasteiger partial charge on any atom is 0.0735 e. The van der Waals surface area contributed by atoms with Gasteiger partial charge in [-0.05, 0) is 12.3 Å². The van der Waals surface area contributed by atoms with E-state index in [1.54, 1.807) is 7.11 Å². The van der Waals surface area contributed by atoms with Crippen LogP contribution in [-0.4, -0.2) is 26.3 Å². The molecule has 1 fully saturated rings. The van der Waals surface area contributed by atoms with Gasteiger partial charge in [-0.25, -0.2) is 0 Å². The van der Waals surface area contributed by atoms with Crippen LogP contribution in [0.4, 0.5) is 0 Å². The Kier molecular flexibility index (Phi) is 2.49. The summed E-state index contributed by atoms with van der Waals surface area (Å²) in [5.74, 6) is 0.745. The van der Waals surface area contributed by atoms with Gasteiger partial charge in [0.1, 0.15) is 0 Å². The van der Waals surface area contributed by atoms with Crippen LogP contribution in [0.5, 0.6) is 0 Å². The van der Waals surface area contributed by atoms with E-state index in [1.165, 1.54) is 6.42 Å². The molecule has 0 saturated carbocycles. The molecule has 0 aromatic heterocycles. The highest BCUT2D eigenvalue weighted by Gasteiger charge is 2.24. The summed E-state index contributed by atoms with van der Waals surface area (Å²) < 4.78 is 5.25. The highest BCUT2D eigenvalue weighted by atomic mass is 16.5. The molecule has 0 spiro atoms. The third-order valence-electron chi connectivity index (χ3n) is 2.10. The van der Waals surface area contributed by atoms with Gasteiger partial charge in [0.15, 0.2) is 0 Å². The zero-order valence-corrected chi connectivity index (χ0v) is 6.18. The van der Waals surface area contributed by atoms with Crippen molar-refractivity contribution >= 4 is 0 Å². The van der Waals surface area contributed by atoms with Crippen LogP contribution in [0.15, 0.2) is 0 Å². The zero-order valence-electron chi connectivity index (χ0n) is 6.18. The monoisotopic (exact) mass is 129 g/mol. The summed E-state index contributed by atoms with van der Waals surface area (Å²) >= 11 is 0. The second kappa shape index (κ2) is 3.18. The summed E-state index contributed by atoms with van der Waals surface area (Å²) in [6, 6.07) is 0. The molecule has 0 amide bonds. The molecule has 0 aliphatic carbocycles. The summed E-state index contributed by atoms with van der Waals surface area (Å²) in [5, 5.41) is 3.30. The summed E-state index contributed by atoms with van der Waals surface area (Å²) in [6.45, 7) is 4.38. The van der Waals surface area contributed by atoms with Crippen molar-refractivity contribution in [2.24, 2.45) is 5.92 Å². The quantitative estimate of drug-likeness (QED) is 0.590. The molecule has 0 radical (unpaired) electrons. The van der Waals surface area contributed by atoms with E-state index >= 15 is 0 Å². The summed E-state index contributed by atoms with van der Waals surface area (Å²) in [4.78, 5) is 0. The molecule has 9 heavy (non-hydrogen) atoms. The van der Waals surface area contributed by atoms with Crippen molar-refractivity contribution in [2.75, 3.05) is 20.2 Å². The molecular formula is C7H15NO. The van der Waals surface area contributed by atoms with E-state index in [4.69, 9.17) is 4.74 Å². The maximum atomic E-state index is 5.25. The Labute approximate surface area is 56.6 Å². The SMILES string of the molecule is CCC1CNCC1OC. The third kappa shape index (κ3) is 1.43. The Morgan fingerprint density at radius 2 is 2.33 bits per heavy atom. The number of rotatable bonds is 2. The topological polar surface area (TPSA) is 21.3 Å². The largest absolute Gasteiger partial charge is 0.380 e. The number of nitrogens with one attached hydrogen (secondary N) is 1. The van der Waals surface area contributed by atoms with Crippen LogP contribution in [0, 0.1) is 5.92 Å². The van der Waals surface area contributed by atoms with Gasteiger partial charge in [-0.2, -0.15) is 0 Å². The van der Waals surface area contributed by atoms with E-state index in [0.717, 1.165) is 19.0 Å². The molecule has 2 unspecified atom stereocenters. The minimum Gasteiger partial charge on any atom is -0.380 e. The zero-order chi connectivity index (χ0) is 6.69. The molecule has 1 rings (SSSR count). The van der Waals surface area contributed by atoms with Gasteiger partial charge >= 0.3 is 0 Å². The predicted molar refractivity (Wildman–Crippen MR) is 37.4 cm³/mol. The molecule has 1 aliphatic heterocycles. The lowest BCUT2D eigenvalue weighted by atomic mass is 10.0. The first-order valence-corrected chi connectivity index (χ1v) is 3.62. The van der Waals surface area contributed by atoms with E-state index in [2.05, 4.69) is 12.2 Å². The normalized spacial score (nSPS) is 35.3. The Morgan fingerprint density at radius 3 is 2.78 bits per heavy atom. The Morgan fingerprint density at radius 1 is 1.56 bits per heavy atom. The Hall–Kier alpha value is -0.0800. The van der Waals surface area contributed by atoms with Crippen LogP contribution in [0.25, 0.3) is 0 Å². The van der Waals surface area contributed by atoms with Crippen LogP contribution in [0.2, 0.25) is 0 Å². The van der Waals surface area contributed by atoms with Crippen LogP contribution in [0.1, 0.15) is 13.3 Å². The van der Waals surface area contributed by atoms with E-state index in [0.29, 0.717) is 6.10 Å².